The number of benzene rings is 1. The summed E-state index contributed by atoms with van der Waals surface area (Å²) in [5, 5.41) is 0. The number of rotatable bonds is 1. The van der Waals surface area contributed by atoms with Crippen LogP contribution in [0.4, 0.5) is 5.69 Å². The van der Waals surface area contributed by atoms with Gasteiger partial charge in [0.1, 0.15) is 0 Å². The molecule has 1 N–H and O–H groups in total. The first-order valence-corrected chi connectivity index (χ1v) is 3.32. The van der Waals surface area contributed by atoms with Gasteiger partial charge in [0.05, 0.1) is 0 Å². The van der Waals surface area contributed by atoms with Crippen LogP contribution in [0, 0.1) is 0 Å². The summed E-state index contributed by atoms with van der Waals surface area (Å²) < 4.78 is 2.96. The Labute approximate surface area is 57.1 Å². The van der Waals surface area contributed by atoms with E-state index in [0.29, 0.717) is 0 Å². The second-order valence-corrected chi connectivity index (χ2v) is 1.95. The molecule has 1 rings (SSSR count). The van der Waals surface area contributed by atoms with Crippen molar-refractivity contribution in [1.29, 1.82) is 0 Å². The van der Waals surface area contributed by atoms with Gasteiger partial charge in [0.25, 0.3) is 0 Å². The zero-order chi connectivity index (χ0) is 5.82. The number of hydrogen-bond donors (Lipinski definition) is 1. The molecule has 0 aromatic heterocycles. The van der Waals surface area contributed by atoms with Crippen molar-refractivity contribution < 1.29 is 0 Å². The zero-order valence-electron chi connectivity index (χ0n) is 4.33. The monoisotopic (exact) mass is 173 g/mol. The first-order valence-electron chi connectivity index (χ1n) is 2.38. The third-order valence-electron chi connectivity index (χ3n) is 0.903. The van der Waals surface area contributed by atoms with E-state index < -0.39 is 0 Å². The van der Waals surface area contributed by atoms with Gasteiger partial charge in [-0.3, -0.25) is 0 Å². The average molecular weight is 172 g/mol. The average Bonchev–Trinajstić information content (AvgIpc) is 1.90. The van der Waals surface area contributed by atoms with Gasteiger partial charge < -0.3 is 0 Å². The summed E-state index contributed by atoms with van der Waals surface area (Å²) >= 11 is 2.31. The van der Waals surface area contributed by atoms with Gasteiger partial charge >= 0.3 is 56.6 Å². The quantitative estimate of drug-likeness (QED) is 0.621. The van der Waals surface area contributed by atoms with Gasteiger partial charge in [-0.25, -0.2) is 0 Å². The van der Waals surface area contributed by atoms with E-state index >= 15 is 0 Å². The van der Waals surface area contributed by atoms with E-state index in [1.165, 1.54) is 0 Å². The minimum absolute atomic E-state index is 1.13. The van der Waals surface area contributed by atoms with E-state index in [1.807, 2.05) is 30.3 Å². The van der Waals surface area contributed by atoms with E-state index in [2.05, 4.69) is 20.6 Å². The summed E-state index contributed by atoms with van der Waals surface area (Å²) in [4.78, 5) is 0. The molecule has 42 valence electrons. The van der Waals surface area contributed by atoms with E-state index in [1.54, 1.807) is 0 Å². The maximum atomic E-state index is 2.96. The summed E-state index contributed by atoms with van der Waals surface area (Å²) in [6.07, 6.45) is 0. The Morgan fingerprint density at radius 1 is 1.12 bits per heavy atom. The molecular weight excluding hydrogens is 165 g/mol. The van der Waals surface area contributed by atoms with Gasteiger partial charge in [-0.15, -0.1) is 0 Å². The Kier molecular flexibility index (Phi) is 1.95. The molecule has 0 saturated carbocycles. The molecule has 1 aromatic rings. The molecule has 0 bridgehead atoms. The van der Waals surface area contributed by atoms with E-state index in [-0.39, 0.29) is 0 Å². The van der Waals surface area contributed by atoms with Crippen LogP contribution in [-0.2, 0) is 0 Å². The van der Waals surface area contributed by atoms with Gasteiger partial charge in [-0.05, 0) is 0 Å². The predicted octanol–water partition coefficient (Wildman–Crippen LogP) is 0.914. The second-order valence-electron chi connectivity index (χ2n) is 1.48. The molecule has 0 amide bonds. The van der Waals surface area contributed by atoms with Crippen LogP contribution in [0.15, 0.2) is 30.3 Å². The molecule has 0 heterocycles. The first-order chi connectivity index (χ1) is 3.93. The van der Waals surface area contributed by atoms with Crippen molar-refractivity contribution in [3.8, 4) is 0 Å². The van der Waals surface area contributed by atoms with Gasteiger partial charge in [-0.2, -0.15) is 0 Å². The van der Waals surface area contributed by atoms with Crippen molar-refractivity contribution >= 4 is 21.9 Å². The molecule has 0 atom stereocenters. The fourth-order valence-electron chi connectivity index (χ4n) is 0.513. The van der Waals surface area contributed by atoms with Crippen molar-refractivity contribution in [3.05, 3.63) is 30.3 Å². The molecule has 0 spiro atoms. The Morgan fingerprint density at radius 2 is 1.75 bits per heavy atom. The predicted molar refractivity (Wildman–Crippen MR) is 37.2 cm³/mol. The molecule has 0 aliphatic heterocycles. The maximum absolute atomic E-state index is 2.96. The molecule has 0 aliphatic rings. The Balaban J connectivity index is 2.83. The van der Waals surface area contributed by atoms with Crippen LogP contribution >= 0.6 is 0 Å². The van der Waals surface area contributed by atoms with Crippen molar-refractivity contribution in [2.24, 2.45) is 0 Å². The van der Waals surface area contributed by atoms with Crippen molar-refractivity contribution in [1.82, 2.24) is 0 Å². The molecular formula is C6H7NSe. The van der Waals surface area contributed by atoms with Crippen LogP contribution in [0.5, 0.6) is 0 Å². The fraction of sp³-hybridized carbons (Fsp3) is 0. The van der Waals surface area contributed by atoms with E-state index in [0.717, 1.165) is 5.69 Å². The van der Waals surface area contributed by atoms with E-state index in [4.69, 9.17) is 0 Å². The zero-order valence-corrected chi connectivity index (χ0v) is 6.21. The van der Waals surface area contributed by atoms with Gasteiger partial charge in [0, 0.05) is 0 Å². The van der Waals surface area contributed by atoms with E-state index in [9.17, 15) is 0 Å². The summed E-state index contributed by atoms with van der Waals surface area (Å²) in [6.45, 7) is 0. The number of nitrogens with one attached hydrogen (secondary N) is 1. The number of hydrogen-bond acceptors (Lipinski definition) is 1. The molecule has 2 heteroatoms. The van der Waals surface area contributed by atoms with Crippen LogP contribution in [-0.4, -0.2) is 16.2 Å². The van der Waals surface area contributed by atoms with Crippen molar-refractivity contribution in [2.45, 2.75) is 0 Å². The summed E-state index contributed by atoms with van der Waals surface area (Å²) in [7, 11) is 0. The fourth-order valence-corrected chi connectivity index (χ4v) is 0.825. The molecule has 8 heavy (non-hydrogen) atoms. The standard InChI is InChI=1S/C6H7NSe/c8-7-6-4-2-1-3-5-6/h1-5,7-8H. The number of anilines is 1. The van der Waals surface area contributed by atoms with Gasteiger partial charge in [0.2, 0.25) is 0 Å². The topological polar surface area (TPSA) is 12.0 Å². The third-order valence-corrected chi connectivity index (χ3v) is 1.44. The third kappa shape index (κ3) is 1.25. The molecule has 1 aromatic carbocycles. The Morgan fingerprint density at radius 3 is 2.12 bits per heavy atom. The van der Waals surface area contributed by atoms with Crippen LogP contribution in [0.1, 0.15) is 0 Å². The number of para-hydroxylation sites is 1. The summed E-state index contributed by atoms with van der Waals surface area (Å²) in [5.74, 6) is 0. The van der Waals surface area contributed by atoms with Crippen LogP contribution < -0.4 is 4.33 Å². The summed E-state index contributed by atoms with van der Waals surface area (Å²) in [6, 6.07) is 10.0. The molecule has 0 saturated heterocycles. The van der Waals surface area contributed by atoms with Crippen molar-refractivity contribution in [3.63, 3.8) is 0 Å². The SMILES string of the molecule is [SeH]Nc1ccccc1. The second kappa shape index (κ2) is 2.75. The summed E-state index contributed by atoms with van der Waals surface area (Å²) in [5.41, 5.74) is 1.13. The van der Waals surface area contributed by atoms with Crippen LogP contribution in [0.3, 0.4) is 0 Å². The molecule has 1 nitrogen and oxygen atoms in total. The first kappa shape index (κ1) is 5.67. The van der Waals surface area contributed by atoms with Crippen molar-refractivity contribution in [2.75, 3.05) is 4.33 Å². The van der Waals surface area contributed by atoms with Crippen LogP contribution in [0.25, 0.3) is 0 Å². The molecule has 0 fully saturated rings. The Bertz CT molecular complexity index is 150. The van der Waals surface area contributed by atoms with Crippen LogP contribution in [0.2, 0.25) is 0 Å². The van der Waals surface area contributed by atoms with Gasteiger partial charge in [0.15, 0.2) is 0 Å². The van der Waals surface area contributed by atoms with Gasteiger partial charge in [-0.1, -0.05) is 0 Å². The molecule has 0 aliphatic carbocycles. The minimum atomic E-state index is 1.13. The molecule has 0 radical (unpaired) electrons. The normalized spacial score (nSPS) is 8.62. The molecule has 0 unspecified atom stereocenters. The Hall–Kier alpha value is -0.461.